The average molecular weight is 628 g/mol. The lowest BCUT2D eigenvalue weighted by molar-refractivity contribution is 0.668. The molecular formula is C46H29NO2. The van der Waals surface area contributed by atoms with Gasteiger partial charge in [-0.1, -0.05) is 115 Å². The van der Waals surface area contributed by atoms with E-state index in [-0.39, 0.29) is 0 Å². The minimum absolute atomic E-state index is 0.855. The van der Waals surface area contributed by atoms with Gasteiger partial charge in [-0.3, -0.25) is 0 Å². The Kier molecular flexibility index (Phi) is 6.18. The number of hydrogen-bond donors (Lipinski definition) is 0. The monoisotopic (exact) mass is 627 g/mol. The van der Waals surface area contributed by atoms with E-state index in [1.807, 2.05) is 24.3 Å². The largest absolute Gasteiger partial charge is 0.456 e. The third-order valence-corrected chi connectivity index (χ3v) is 9.66. The summed E-state index contributed by atoms with van der Waals surface area (Å²) in [5, 5.41) is 6.90. The van der Waals surface area contributed by atoms with Crippen LogP contribution in [0.4, 0.5) is 17.1 Å². The molecule has 2 heterocycles. The maximum Gasteiger partial charge on any atom is 0.137 e. The van der Waals surface area contributed by atoms with Crippen LogP contribution in [0.25, 0.3) is 76.9 Å². The number of anilines is 3. The number of furan rings is 2. The molecule has 0 spiro atoms. The van der Waals surface area contributed by atoms with Crippen LogP contribution in [-0.4, -0.2) is 0 Å². The molecular weight excluding hydrogens is 599 g/mol. The molecule has 8 aromatic carbocycles. The van der Waals surface area contributed by atoms with Gasteiger partial charge in [-0.25, -0.2) is 0 Å². The maximum absolute atomic E-state index is 6.43. The summed E-state index contributed by atoms with van der Waals surface area (Å²) in [5.41, 5.74) is 11.1. The second-order valence-corrected chi connectivity index (χ2v) is 12.5. The molecule has 3 heteroatoms. The summed E-state index contributed by atoms with van der Waals surface area (Å²) in [6.07, 6.45) is 0. The lowest BCUT2D eigenvalue weighted by Gasteiger charge is -2.30. The first-order chi connectivity index (χ1) is 24.3. The van der Waals surface area contributed by atoms with Gasteiger partial charge >= 0.3 is 0 Å². The highest BCUT2D eigenvalue weighted by atomic mass is 16.3. The van der Waals surface area contributed by atoms with Gasteiger partial charge in [0.15, 0.2) is 0 Å². The van der Waals surface area contributed by atoms with Crippen molar-refractivity contribution in [2.45, 2.75) is 0 Å². The molecule has 230 valence electrons. The Hall–Kier alpha value is -6.58. The summed E-state index contributed by atoms with van der Waals surface area (Å²) >= 11 is 0. The normalized spacial score (nSPS) is 11.7. The van der Waals surface area contributed by atoms with Gasteiger partial charge in [-0.05, 0) is 76.5 Å². The maximum atomic E-state index is 6.43. The summed E-state index contributed by atoms with van der Waals surface area (Å²) in [6, 6.07) is 62.1. The Balaban J connectivity index is 1.21. The molecule has 10 aromatic rings. The van der Waals surface area contributed by atoms with E-state index in [4.69, 9.17) is 8.83 Å². The molecule has 0 aliphatic carbocycles. The third-order valence-electron chi connectivity index (χ3n) is 9.66. The molecule has 0 unspecified atom stereocenters. The Morgan fingerprint density at radius 3 is 1.51 bits per heavy atom. The van der Waals surface area contributed by atoms with Crippen molar-refractivity contribution in [3.63, 3.8) is 0 Å². The number of hydrogen-bond acceptors (Lipinski definition) is 3. The molecule has 0 aliphatic rings. The van der Waals surface area contributed by atoms with Gasteiger partial charge in [0.2, 0.25) is 0 Å². The first kappa shape index (κ1) is 27.5. The molecule has 0 saturated heterocycles. The lowest BCUT2D eigenvalue weighted by atomic mass is 9.97. The Morgan fingerprint density at radius 2 is 0.816 bits per heavy atom. The van der Waals surface area contributed by atoms with E-state index in [0.717, 1.165) is 83.2 Å². The Labute approximate surface area is 282 Å². The van der Waals surface area contributed by atoms with E-state index in [9.17, 15) is 0 Å². The predicted octanol–water partition coefficient (Wildman–Crippen LogP) is 13.4. The Bertz CT molecular complexity index is 2860. The highest BCUT2D eigenvalue weighted by Crippen LogP contribution is 2.46. The van der Waals surface area contributed by atoms with Crippen LogP contribution in [0.2, 0.25) is 0 Å². The number of fused-ring (bicyclic) bond motifs is 7. The molecule has 10 rings (SSSR count). The van der Waals surface area contributed by atoms with Crippen molar-refractivity contribution >= 4 is 71.7 Å². The van der Waals surface area contributed by atoms with E-state index >= 15 is 0 Å². The van der Waals surface area contributed by atoms with Crippen molar-refractivity contribution in [1.29, 1.82) is 0 Å². The van der Waals surface area contributed by atoms with Gasteiger partial charge in [0.1, 0.15) is 22.3 Å². The van der Waals surface area contributed by atoms with Crippen LogP contribution in [0.15, 0.2) is 185 Å². The number of nitrogens with zero attached hydrogens (tertiary/aromatic N) is 1. The summed E-state index contributed by atoms with van der Waals surface area (Å²) in [4.78, 5) is 2.37. The van der Waals surface area contributed by atoms with Gasteiger partial charge in [0, 0.05) is 44.4 Å². The topological polar surface area (TPSA) is 29.5 Å². The highest BCUT2D eigenvalue weighted by molar-refractivity contribution is 6.08. The van der Waals surface area contributed by atoms with Gasteiger partial charge in [-0.2, -0.15) is 0 Å². The van der Waals surface area contributed by atoms with Crippen LogP contribution in [0.5, 0.6) is 0 Å². The van der Waals surface area contributed by atoms with Crippen molar-refractivity contribution in [3.05, 3.63) is 176 Å². The molecule has 0 saturated carbocycles. The van der Waals surface area contributed by atoms with Crippen LogP contribution in [0.1, 0.15) is 0 Å². The van der Waals surface area contributed by atoms with Crippen LogP contribution in [0.3, 0.4) is 0 Å². The fraction of sp³-hybridized carbons (Fsp3) is 0. The van der Waals surface area contributed by atoms with Crippen LogP contribution in [-0.2, 0) is 0 Å². The molecule has 0 atom stereocenters. The molecule has 0 fully saturated rings. The molecule has 0 aliphatic heterocycles. The summed E-state index contributed by atoms with van der Waals surface area (Å²) in [7, 11) is 0. The van der Waals surface area contributed by atoms with Crippen LogP contribution >= 0.6 is 0 Å². The van der Waals surface area contributed by atoms with Crippen molar-refractivity contribution < 1.29 is 8.83 Å². The van der Waals surface area contributed by atoms with E-state index in [1.54, 1.807) is 0 Å². The quantitative estimate of drug-likeness (QED) is 0.190. The van der Waals surface area contributed by atoms with Crippen molar-refractivity contribution in [3.8, 4) is 22.3 Å². The van der Waals surface area contributed by atoms with Crippen molar-refractivity contribution in [2.75, 3.05) is 4.90 Å². The first-order valence-corrected chi connectivity index (χ1v) is 16.6. The van der Waals surface area contributed by atoms with E-state index in [0.29, 0.717) is 0 Å². The van der Waals surface area contributed by atoms with Gasteiger partial charge < -0.3 is 13.7 Å². The second-order valence-electron chi connectivity index (χ2n) is 12.5. The average Bonchev–Trinajstić information content (AvgIpc) is 3.73. The summed E-state index contributed by atoms with van der Waals surface area (Å²) < 4.78 is 12.8. The molecule has 0 radical (unpaired) electrons. The molecule has 2 aromatic heterocycles. The fourth-order valence-electron chi connectivity index (χ4n) is 7.34. The fourth-order valence-corrected chi connectivity index (χ4v) is 7.34. The van der Waals surface area contributed by atoms with Crippen molar-refractivity contribution in [2.24, 2.45) is 0 Å². The van der Waals surface area contributed by atoms with E-state index in [2.05, 4.69) is 157 Å². The molecule has 0 amide bonds. The second kappa shape index (κ2) is 11.0. The zero-order valence-corrected chi connectivity index (χ0v) is 26.5. The SMILES string of the molecule is c1ccc(N(c2ccc3c(c2)oc2ccccc23)c2ccccc2-c2ccc3c(c2)oc2ccccc23)c(-c2ccc3ccccc3c2)c1. The van der Waals surface area contributed by atoms with Gasteiger partial charge in [0.25, 0.3) is 0 Å². The third kappa shape index (κ3) is 4.51. The minimum atomic E-state index is 0.855. The number of rotatable bonds is 5. The van der Waals surface area contributed by atoms with Gasteiger partial charge in [0.05, 0.1) is 11.4 Å². The van der Waals surface area contributed by atoms with Gasteiger partial charge in [-0.15, -0.1) is 0 Å². The van der Waals surface area contributed by atoms with Crippen LogP contribution in [0, 0.1) is 0 Å². The molecule has 0 bridgehead atoms. The zero-order valence-electron chi connectivity index (χ0n) is 26.5. The van der Waals surface area contributed by atoms with E-state index < -0.39 is 0 Å². The van der Waals surface area contributed by atoms with E-state index in [1.165, 1.54) is 10.8 Å². The highest BCUT2D eigenvalue weighted by Gasteiger charge is 2.22. The number of benzene rings is 8. The summed E-state index contributed by atoms with van der Waals surface area (Å²) in [5.74, 6) is 0. The zero-order chi connectivity index (χ0) is 32.3. The molecule has 49 heavy (non-hydrogen) atoms. The Morgan fingerprint density at radius 1 is 0.327 bits per heavy atom. The van der Waals surface area contributed by atoms with Crippen LogP contribution < -0.4 is 4.90 Å². The first-order valence-electron chi connectivity index (χ1n) is 16.6. The molecule has 0 N–H and O–H groups in total. The standard InChI is InChI=1S/C46H29NO2/c1-2-12-31-27-32(22-21-30(31)11-1)35-13-3-7-17-41(35)47(34-24-26-40-38-16-6-10-20-44(38)49-46(40)29-34)42-18-8-4-14-36(42)33-23-25-39-37-15-5-9-19-43(37)48-45(39)28-33/h1-29H. The summed E-state index contributed by atoms with van der Waals surface area (Å²) in [6.45, 7) is 0. The predicted molar refractivity (Wildman–Crippen MR) is 204 cm³/mol. The smallest absolute Gasteiger partial charge is 0.137 e. The molecule has 3 nitrogen and oxygen atoms in total. The minimum Gasteiger partial charge on any atom is -0.456 e. The number of para-hydroxylation sites is 4. The van der Waals surface area contributed by atoms with Crippen molar-refractivity contribution in [1.82, 2.24) is 0 Å². The lowest BCUT2D eigenvalue weighted by Crippen LogP contribution is -2.12.